The van der Waals surface area contributed by atoms with Gasteiger partial charge in [-0.3, -0.25) is 0 Å². The van der Waals surface area contributed by atoms with Crippen molar-refractivity contribution in [3.63, 3.8) is 0 Å². The van der Waals surface area contributed by atoms with E-state index in [1.165, 1.54) is 0 Å². The SMILES string of the molecule is CC.CCOC1=CC=CCC1C. The molecule has 0 fully saturated rings. The molecule has 12 heavy (non-hydrogen) atoms. The monoisotopic (exact) mass is 168 g/mol. The van der Waals surface area contributed by atoms with Crippen LogP contribution in [-0.2, 0) is 4.74 Å². The van der Waals surface area contributed by atoms with Crippen molar-refractivity contribution < 1.29 is 4.74 Å². The minimum Gasteiger partial charge on any atom is -0.498 e. The van der Waals surface area contributed by atoms with E-state index >= 15 is 0 Å². The molecule has 1 atom stereocenters. The van der Waals surface area contributed by atoms with Crippen LogP contribution in [0.5, 0.6) is 0 Å². The highest BCUT2D eigenvalue weighted by molar-refractivity contribution is 5.15. The molecule has 1 rings (SSSR count). The van der Waals surface area contributed by atoms with E-state index in [1.807, 2.05) is 20.8 Å². The predicted octanol–water partition coefficient (Wildman–Crippen LogP) is 3.53. The minimum absolute atomic E-state index is 0.574. The van der Waals surface area contributed by atoms with Crippen molar-refractivity contribution in [1.82, 2.24) is 0 Å². The zero-order chi connectivity index (χ0) is 9.40. The van der Waals surface area contributed by atoms with E-state index in [0.29, 0.717) is 5.92 Å². The summed E-state index contributed by atoms with van der Waals surface area (Å²) in [6, 6.07) is 0. The van der Waals surface area contributed by atoms with Crippen LogP contribution in [0.1, 0.15) is 34.1 Å². The molecule has 0 aromatic heterocycles. The quantitative estimate of drug-likeness (QED) is 0.613. The molecular formula is C11H20O. The average Bonchev–Trinajstić information content (AvgIpc) is 2.13. The molecule has 70 valence electrons. The van der Waals surface area contributed by atoms with Gasteiger partial charge in [-0.2, -0.15) is 0 Å². The smallest absolute Gasteiger partial charge is 0.0990 e. The van der Waals surface area contributed by atoms with Crippen molar-refractivity contribution in [3.8, 4) is 0 Å². The van der Waals surface area contributed by atoms with Crippen LogP contribution in [0.2, 0.25) is 0 Å². The van der Waals surface area contributed by atoms with E-state index in [0.717, 1.165) is 18.8 Å². The standard InChI is InChI=1S/C9H14O.C2H6/c1-3-10-9-7-5-4-6-8(9)2;1-2/h4-5,7-8H,3,6H2,1-2H3;1-2H3. The Bertz CT molecular complexity index is 156. The van der Waals surface area contributed by atoms with Crippen molar-refractivity contribution in [2.45, 2.75) is 34.1 Å². The number of hydrogen-bond acceptors (Lipinski definition) is 1. The van der Waals surface area contributed by atoms with Crippen LogP contribution in [0.25, 0.3) is 0 Å². The Morgan fingerprint density at radius 1 is 1.50 bits per heavy atom. The highest BCUT2D eigenvalue weighted by Gasteiger charge is 2.09. The molecule has 0 aromatic rings. The van der Waals surface area contributed by atoms with Gasteiger partial charge in [-0.05, 0) is 19.4 Å². The van der Waals surface area contributed by atoms with Gasteiger partial charge in [-0.1, -0.05) is 32.9 Å². The maximum Gasteiger partial charge on any atom is 0.0990 e. The molecule has 0 aromatic carbocycles. The van der Waals surface area contributed by atoms with E-state index in [-0.39, 0.29) is 0 Å². The molecule has 1 aliphatic carbocycles. The molecule has 0 spiro atoms. The van der Waals surface area contributed by atoms with Crippen LogP contribution < -0.4 is 0 Å². The Balaban J connectivity index is 0.000000561. The average molecular weight is 168 g/mol. The van der Waals surface area contributed by atoms with Gasteiger partial charge in [0.15, 0.2) is 0 Å². The van der Waals surface area contributed by atoms with Gasteiger partial charge in [0.25, 0.3) is 0 Å². The van der Waals surface area contributed by atoms with E-state index in [1.54, 1.807) is 0 Å². The van der Waals surface area contributed by atoms with Gasteiger partial charge >= 0.3 is 0 Å². The first kappa shape index (κ1) is 11.3. The number of hydrogen-bond donors (Lipinski definition) is 0. The third kappa shape index (κ3) is 3.61. The lowest BCUT2D eigenvalue weighted by Crippen LogP contribution is -2.04. The van der Waals surface area contributed by atoms with Gasteiger partial charge in [0.05, 0.1) is 12.4 Å². The molecule has 0 aliphatic heterocycles. The maximum absolute atomic E-state index is 5.40. The van der Waals surface area contributed by atoms with Crippen molar-refractivity contribution in [3.05, 3.63) is 24.0 Å². The second kappa shape index (κ2) is 6.96. The zero-order valence-corrected chi connectivity index (χ0v) is 8.63. The largest absolute Gasteiger partial charge is 0.498 e. The second-order valence-electron chi connectivity index (χ2n) is 2.57. The molecule has 1 aliphatic rings. The van der Waals surface area contributed by atoms with Crippen molar-refractivity contribution in [2.75, 3.05) is 6.61 Å². The predicted molar refractivity (Wildman–Crippen MR) is 54.0 cm³/mol. The fourth-order valence-corrected chi connectivity index (χ4v) is 1.08. The van der Waals surface area contributed by atoms with Crippen molar-refractivity contribution >= 4 is 0 Å². The Kier molecular flexibility index (Phi) is 6.54. The number of rotatable bonds is 2. The first-order chi connectivity index (χ1) is 5.84. The van der Waals surface area contributed by atoms with Crippen LogP contribution in [0.15, 0.2) is 24.0 Å². The summed E-state index contributed by atoms with van der Waals surface area (Å²) in [6.45, 7) is 8.99. The topological polar surface area (TPSA) is 9.23 Å². The summed E-state index contributed by atoms with van der Waals surface area (Å²) in [7, 11) is 0. The summed E-state index contributed by atoms with van der Waals surface area (Å²) in [5.74, 6) is 1.70. The van der Waals surface area contributed by atoms with Gasteiger partial charge in [-0.15, -0.1) is 0 Å². The second-order valence-corrected chi connectivity index (χ2v) is 2.57. The highest BCUT2D eigenvalue weighted by atomic mass is 16.5. The molecule has 0 N–H and O–H groups in total. The number of ether oxygens (including phenoxy) is 1. The first-order valence-corrected chi connectivity index (χ1v) is 4.84. The van der Waals surface area contributed by atoms with E-state index < -0.39 is 0 Å². The first-order valence-electron chi connectivity index (χ1n) is 4.84. The Morgan fingerprint density at radius 3 is 2.67 bits per heavy atom. The molecule has 1 nitrogen and oxygen atoms in total. The lowest BCUT2D eigenvalue weighted by Gasteiger charge is -2.16. The van der Waals surface area contributed by atoms with Crippen LogP contribution in [-0.4, -0.2) is 6.61 Å². The van der Waals surface area contributed by atoms with E-state index in [2.05, 4.69) is 25.2 Å². The summed E-state index contributed by atoms with van der Waals surface area (Å²) >= 11 is 0. The van der Waals surface area contributed by atoms with Crippen LogP contribution in [0.4, 0.5) is 0 Å². The van der Waals surface area contributed by atoms with E-state index in [9.17, 15) is 0 Å². The molecule has 0 heterocycles. The van der Waals surface area contributed by atoms with Gasteiger partial charge in [-0.25, -0.2) is 0 Å². The summed E-state index contributed by atoms with van der Waals surface area (Å²) in [5, 5.41) is 0. The van der Waals surface area contributed by atoms with Crippen molar-refractivity contribution in [2.24, 2.45) is 5.92 Å². The summed E-state index contributed by atoms with van der Waals surface area (Å²) in [4.78, 5) is 0. The molecule has 0 amide bonds. The third-order valence-corrected chi connectivity index (χ3v) is 1.68. The molecule has 1 heteroatoms. The summed E-state index contributed by atoms with van der Waals surface area (Å²) < 4.78 is 5.40. The van der Waals surface area contributed by atoms with Gasteiger partial charge in [0.2, 0.25) is 0 Å². The number of allylic oxidation sites excluding steroid dienone is 4. The molecule has 0 radical (unpaired) electrons. The van der Waals surface area contributed by atoms with Crippen LogP contribution in [0, 0.1) is 5.92 Å². The minimum atomic E-state index is 0.574. The molecule has 1 unspecified atom stereocenters. The Labute approximate surface area is 76.1 Å². The third-order valence-electron chi connectivity index (χ3n) is 1.68. The van der Waals surface area contributed by atoms with E-state index in [4.69, 9.17) is 4.74 Å². The highest BCUT2D eigenvalue weighted by Crippen LogP contribution is 2.19. The Morgan fingerprint density at radius 2 is 2.17 bits per heavy atom. The van der Waals surface area contributed by atoms with Gasteiger partial charge in [0.1, 0.15) is 0 Å². The van der Waals surface area contributed by atoms with Gasteiger partial charge < -0.3 is 4.74 Å². The lowest BCUT2D eigenvalue weighted by molar-refractivity contribution is 0.194. The maximum atomic E-state index is 5.40. The molecule has 0 saturated heterocycles. The fraction of sp³-hybridized carbons (Fsp3) is 0.636. The summed E-state index contributed by atoms with van der Waals surface area (Å²) in [5.41, 5.74) is 0. The Hall–Kier alpha value is -0.720. The molecule has 0 saturated carbocycles. The van der Waals surface area contributed by atoms with Crippen LogP contribution in [0.3, 0.4) is 0 Å². The van der Waals surface area contributed by atoms with Crippen molar-refractivity contribution in [1.29, 1.82) is 0 Å². The van der Waals surface area contributed by atoms with Crippen LogP contribution >= 0.6 is 0 Å². The normalized spacial score (nSPS) is 20.7. The summed E-state index contributed by atoms with van der Waals surface area (Å²) in [6.07, 6.45) is 7.40. The molecular weight excluding hydrogens is 148 g/mol. The molecule has 0 bridgehead atoms. The zero-order valence-electron chi connectivity index (χ0n) is 8.63. The van der Waals surface area contributed by atoms with Gasteiger partial charge in [0, 0.05) is 5.92 Å². The fourth-order valence-electron chi connectivity index (χ4n) is 1.08. The lowest BCUT2D eigenvalue weighted by atomic mass is 10.0.